The largest absolute Gasteiger partial charge is 0.456 e. The summed E-state index contributed by atoms with van der Waals surface area (Å²) in [4.78, 5) is 11.4. The van der Waals surface area contributed by atoms with Gasteiger partial charge in [-0.2, -0.15) is 0 Å². The van der Waals surface area contributed by atoms with Gasteiger partial charge in [0.25, 0.3) is 0 Å². The van der Waals surface area contributed by atoms with E-state index in [9.17, 15) is 0 Å². The first-order valence-corrected chi connectivity index (χ1v) is 15.6. The Hall–Kier alpha value is -6.46. The van der Waals surface area contributed by atoms with Crippen molar-refractivity contribution in [3.63, 3.8) is 0 Å². The SMILES string of the molecule is c1ccc2c(c1)cc(-c1ccc(N(c3cncc4c3oc3ccccc34)c3cccc4oc5ccncc5c34)cc1)c1ccccc12. The first kappa shape index (κ1) is 25.8. The molecule has 5 nitrogen and oxygen atoms in total. The Labute approximate surface area is 268 Å². The minimum absolute atomic E-state index is 0.772. The zero-order valence-corrected chi connectivity index (χ0v) is 25.1. The van der Waals surface area contributed by atoms with Gasteiger partial charge in [0, 0.05) is 40.4 Å². The highest BCUT2D eigenvalue weighted by molar-refractivity contribution is 6.16. The maximum Gasteiger partial charge on any atom is 0.162 e. The van der Waals surface area contributed by atoms with Crippen molar-refractivity contribution in [3.8, 4) is 11.1 Å². The molecule has 47 heavy (non-hydrogen) atoms. The van der Waals surface area contributed by atoms with Gasteiger partial charge in [0.15, 0.2) is 5.58 Å². The van der Waals surface area contributed by atoms with Gasteiger partial charge in [0.2, 0.25) is 0 Å². The van der Waals surface area contributed by atoms with Gasteiger partial charge in [0.1, 0.15) is 22.4 Å². The summed E-state index contributed by atoms with van der Waals surface area (Å²) in [6.07, 6.45) is 7.40. The Morgan fingerprint density at radius 3 is 2.09 bits per heavy atom. The van der Waals surface area contributed by atoms with Crippen molar-refractivity contribution in [2.75, 3.05) is 4.90 Å². The molecule has 0 N–H and O–H groups in total. The maximum atomic E-state index is 6.55. The van der Waals surface area contributed by atoms with Crippen molar-refractivity contribution in [1.29, 1.82) is 0 Å². The number of aromatic nitrogens is 2. The van der Waals surface area contributed by atoms with Gasteiger partial charge in [-0.1, -0.05) is 84.9 Å². The van der Waals surface area contributed by atoms with E-state index in [1.54, 1.807) is 6.20 Å². The van der Waals surface area contributed by atoms with E-state index in [0.717, 1.165) is 66.5 Å². The topological polar surface area (TPSA) is 55.3 Å². The Bertz CT molecular complexity index is 2810. The van der Waals surface area contributed by atoms with Crippen LogP contribution in [0, 0.1) is 0 Å². The normalized spacial score (nSPS) is 11.8. The number of anilines is 3. The molecule has 4 aromatic heterocycles. The second-order valence-corrected chi connectivity index (χ2v) is 11.8. The van der Waals surface area contributed by atoms with Gasteiger partial charge in [-0.05, 0) is 75.1 Å². The number of para-hydroxylation sites is 1. The van der Waals surface area contributed by atoms with Gasteiger partial charge in [-0.3, -0.25) is 9.97 Å². The van der Waals surface area contributed by atoms with Crippen molar-refractivity contribution in [2.24, 2.45) is 0 Å². The molecule has 0 radical (unpaired) electrons. The molecule has 0 amide bonds. The Morgan fingerprint density at radius 1 is 0.468 bits per heavy atom. The van der Waals surface area contributed by atoms with Crippen LogP contribution in [0.5, 0.6) is 0 Å². The van der Waals surface area contributed by atoms with Crippen LogP contribution < -0.4 is 4.90 Å². The highest BCUT2D eigenvalue weighted by Gasteiger charge is 2.23. The molecular formula is C42H25N3O2. The minimum atomic E-state index is 0.772. The summed E-state index contributed by atoms with van der Waals surface area (Å²) >= 11 is 0. The molecule has 4 heterocycles. The highest BCUT2D eigenvalue weighted by Crippen LogP contribution is 2.46. The molecule has 0 fully saturated rings. The van der Waals surface area contributed by atoms with Crippen LogP contribution in [-0.2, 0) is 0 Å². The number of nitrogens with zero attached hydrogens (tertiary/aromatic N) is 3. The lowest BCUT2D eigenvalue weighted by atomic mass is 9.93. The molecule has 6 aromatic carbocycles. The summed E-state index contributed by atoms with van der Waals surface area (Å²) in [7, 11) is 0. The zero-order chi connectivity index (χ0) is 30.9. The standard InChI is InChI=1S/C42H25N3O2/c1-2-9-29-27(8-1)22-33(31-11-4-3-10-30(29)31)26-16-18-28(19-17-26)45(36-13-7-15-40-41(36)35-24-43-21-20-39(35)46-40)37-25-44-23-34-32-12-5-6-14-38(32)47-42(34)37/h1-25H. The molecule has 0 atom stereocenters. The third-order valence-electron chi connectivity index (χ3n) is 9.23. The van der Waals surface area contributed by atoms with Crippen LogP contribution in [0.3, 0.4) is 0 Å². The van der Waals surface area contributed by atoms with Crippen LogP contribution >= 0.6 is 0 Å². The zero-order valence-electron chi connectivity index (χ0n) is 25.1. The molecule has 0 aliphatic heterocycles. The summed E-state index contributed by atoms with van der Waals surface area (Å²) in [6.45, 7) is 0. The predicted octanol–water partition coefficient (Wildman–Crippen LogP) is 11.7. The molecule has 220 valence electrons. The molecular weight excluding hydrogens is 578 g/mol. The summed E-state index contributed by atoms with van der Waals surface area (Å²) in [5, 5.41) is 8.90. The summed E-state index contributed by atoms with van der Waals surface area (Å²) < 4.78 is 12.9. The van der Waals surface area contributed by atoms with E-state index in [1.807, 2.05) is 55.0 Å². The molecule has 0 bridgehead atoms. The molecule has 0 aliphatic carbocycles. The second kappa shape index (κ2) is 10.0. The first-order valence-electron chi connectivity index (χ1n) is 15.6. The minimum Gasteiger partial charge on any atom is -0.456 e. The van der Waals surface area contributed by atoms with Crippen LogP contribution in [-0.4, -0.2) is 9.97 Å². The summed E-state index contributed by atoms with van der Waals surface area (Å²) in [5.41, 5.74) is 8.29. The number of fused-ring (bicyclic) bond motifs is 9. The lowest BCUT2D eigenvalue weighted by Crippen LogP contribution is -2.11. The van der Waals surface area contributed by atoms with Crippen molar-refractivity contribution in [1.82, 2.24) is 9.97 Å². The fourth-order valence-corrected chi connectivity index (χ4v) is 7.11. The average Bonchev–Trinajstić information content (AvgIpc) is 3.71. The molecule has 10 rings (SSSR count). The summed E-state index contributed by atoms with van der Waals surface area (Å²) in [6, 6.07) is 44.5. The number of pyridine rings is 2. The Morgan fingerprint density at radius 2 is 1.19 bits per heavy atom. The van der Waals surface area contributed by atoms with Crippen LogP contribution in [0.15, 0.2) is 161 Å². The van der Waals surface area contributed by atoms with Gasteiger partial charge >= 0.3 is 0 Å². The van der Waals surface area contributed by atoms with Crippen LogP contribution in [0.1, 0.15) is 0 Å². The monoisotopic (exact) mass is 603 g/mol. The lowest BCUT2D eigenvalue weighted by Gasteiger charge is -2.26. The van der Waals surface area contributed by atoms with E-state index in [-0.39, 0.29) is 0 Å². The van der Waals surface area contributed by atoms with E-state index in [1.165, 1.54) is 27.1 Å². The van der Waals surface area contributed by atoms with E-state index in [2.05, 4.69) is 101 Å². The molecule has 0 saturated heterocycles. The number of hydrogen-bond donors (Lipinski definition) is 0. The lowest BCUT2D eigenvalue weighted by molar-refractivity contribution is 0.667. The van der Waals surface area contributed by atoms with E-state index >= 15 is 0 Å². The maximum absolute atomic E-state index is 6.55. The molecule has 10 aromatic rings. The Kier molecular flexibility index (Phi) is 5.51. The second-order valence-electron chi connectivity index (χ2n) is 11.8. The first-order chi connectivity index (χ1) is 23.3. The molecule has 0 spiro atoms. The highest BCUT2D eigenvalue weighted by atomic mass is 16.3. The quantitative estimate of drug-likeness (QED) is 0.187. The van der Waals surface area contributed by atoms with Crippen LogP contribution in [0.4, 0.5) is 17.1 Å². The van der Waals surface area contributed by atoms with E-state index in [0.29, 0.717) is 0 Å². The van der Waals surface area contributed by atoms with Crippen LogP contribution in [0.2, 0.25) is 0 Å². The van der Waals surface area contributed by atoms with Gasteiger partial charge in [-0.15, -0.1) is 0 Å². The Balaban J connectivity index is 1.22. The number of benzene rings is 6. The van der Waals surface area contributed by atoms with Gasteiger partial charge in [-0.25, -0.2) is 0 Å². The smallest absolute Gasteiger partial charge is 0.162 e. The molecule has 0 unspecified atom stereocenters. The summed E-state index contributed by atoms with van der Waals surface area (Å²) in [5.74, 6) is 0. The molecule has 5 heteroatoms. The fourth-order valence-electron chi connectivity index (χ4n) is 7.11. The number of furan rings is 2. The van der Waals surface area contributed by atoms with E-state index in [4.69, 9.17) is 13.8 Å². The average molecular weight is 604 g/mol. The fraction of sp³-hybridized carbons (Fsp3) is 0. The van der Waals surface area contributed by atoms with Crippen LogP contribution in [0.25, 0.3) is 76.5 Å². The van der Waals surface area contributed by atoms with E-state index < -0.39 is 0 Å². The molecule has 0 saturated carbocycles. The van der Waals surface area contributed by atoms with Crippen molar-refractivity contribution >= 4 is 82.5 Å². The molecule has 0 aliphatic rings. The third-order valence-corrected chi connectivity index (χ3v) is 9.23. The van der Waals surface area contributed by atoms with Crippen molar-refractivity contribution in [3.05, 3.63) is 152 Å². The van der Waals surface area contributed by atoms with Gasteiger partial charge < -0.3 is 13.7 Å². The predicted molar refractivity (Wildman–Crippen MR) is 192 cm³/mol. The third kappa shape index (κ3) is 3.90. The van der Waals surface area contributed by atoms with Crippen molar-refractivity contribution in [2.45, 2.75) is 0 Å². The van der Waals surface area contributed by atoms with Gasteiger partial charge in [0.05, 0.1) is 17.3 Å². The number of rotatable bonds is 4. The van der Waals surface area contributed by atoms with Crippen molar-refractivity contribution < 1.29 is 8.83 Å². The number of hydrogen-bond acceptors (Lipinski definition) is 5.